The van der Waals surface area contributed by atoms with Crippen LogP contribution in [0.25, 0.3) is 0 Å². The van der Waals surface area contributed by atoms with Crippen LogP contribution in [0.1, 0.15) is 44.0 Å². The van der Waals surface area contributed by atoms with E-state index in [1.165, 1.54) is 11.8 Å². The first kappa shape index (κ1) is 14.3. The van der Waals surface area contributed by atoms with Gasteiger partial charge >= 0.3 is 6.09 Å². The highest BCUT2D eigenvalue weighted by molar-refractivity contribution is 5.91. The number of carbonyl (C=O) groups excluding carboxylic acids is 2. The molecule has 5 nitrogen and oxygen atoms in total. The molecule has 0 bridgehead atoms. The molecule has 0 atom stereocenters. The maximum absolute atomic E-state index is 11.7. The van der Waals surface area contributed by atoms with Crippen LogP contribution in [-0.2, 0) is 11.3 Å². The van der Waals surface area contributed by atoms with E-state index in [4.69, 9.17) is 9.15 Å². The number of carbonyl (C=O) groups is 2. The summed E-state index contributed by atoms with van der Waals surface area (Å²) in [4.78, 5) is 24.2. The highest BCUT2D eigenvalue weighted by atomic mass is 16.6. The predicted molar refractivity (Wildman–Crippen MR) is 66.4 cm³/mol. The predicted octanol–water partition coefficient (Wildman–Crippen LogP) is 2.85. The molecular weight excluding hydrogens is 234 g/mol. The standard InChI is InChI=1S/C13H19NO4/c1-9(15)11-7-6-10(17-11)8-14(5)12(16)18-13(2,3)4/h6-7H,8H2,1-5H3. The molecule has 18 heavy (non-hydrogen) atoms. The fourth-order valence-corrected chi connectivity index (χ4v) is 1.29. The molecule has 0 aliphatic heterocycles. The van der Waals surface area contributed by atoms with Gasteiger partial charge in [-0.05, 0) is 32.9 Å². The van der Waals surface area contributed by atoms with Crippen LogP contribution in [0.5, 0.6) is 0 Å². The molecule has 100 valence electrons. The number of rotatable bonds is 3. The molecular formula is C13H19NO4. The molecule has 0 saturated carbocycles. The number of ether oxygens (including phenoxy) is 1. The molecule has 0 saturated heterocycles. The molecule has 0 aliphatic rings. The van der Waals surface area contributed by atoms with Gasteiger partial charge in [-0.3, -0.25) is 4.79 Å². The minimum Gasteiger partial charge on any atom is -0.456 e. The maximum Gasteiger partial charge on any atom is 0.410 e. The number of hydrogen-bond donors (Lipinski definition) is 0. The zero-order valence-electron chi connectivity index (χ0n) is 11.4. The van der Waals surface area contributed by atoms with E-state index in [-0.39, 0.29) is 12.3 Å². The van der Waals surface area contributed by atoms with Gasteiger partial charge in [-0.1, -0.05) is 0 Å². The average molecular weight is 253 g/mol. The Morgan fingerprint density at radius 2 is 1.94 bits per heavy atom. The molecule has 0 unspecified atom stereocenters. The Hall–Kier alpha value is -1.78. The molecule has 1 rings (SSSR count). The molecule has 0 aromatic carbocycles. The first-order valence-electron chi connectivity index (χ1n) is 5.73. The highest BCUT2D eigenvalue weighted by Crippen LogP contribution is 2.13. The van der Waals surface area contributed by atoms with Crippen LogP contribution >= 0.6 is 0 Å². The maximum atomic E-state index is 11.7. The second-order valence-corrected chi connectivity index (χ2v) is 5.16. The summed E-state index contributed by atoms with van der Waals surface area (Å²) in [6, 6.07) is 3.28. The smallest absolute Gasteiger partial charge is 0.410 e. The number of nitrogens with zero attached hydrogens (tertiary/aromatic N) is 1. The van der Waals surface area contributed by atoms with Crippen LogP contribution in [0.3, 0.4) is 0 Å². The summed E-state index contributed by atoms with van der Waals surface area (Å²) in [5, 5.41) is 0. The highest BCUT2D eigenvalue weighted by Gasteiger charge is 2.20. The third-order valence-electron chi connectivity index (χ3n) is 2.11. The molecule has 0 fully saturated rings. The van der Waals surface area contributed by atoms with E-state index in [2.05, 4.69) is 0 Å². The lowest BCUT2D eigenvalue weighted by molar-refractivity contribution is 0.0274. The van der Waals surface area contributed by atoms with Crippen LogP contribution < -0.4 is 0 Å². The van der Waals surface area contributed by atoms with E-state index in [0.717, 1.165) is 0 Å². The van der Waals surface area contributed by atoms with Crippen molar-refractivity contribution < 1.29 is 18.7 Å². The quantitative estimate of drug-likeness (QED) is 0.777. The summed E-state index contributed by atoms with van der Waals surface area (Å²) in [6.07, 6.45) is -0.428. The summed E-state index contributed by atoms with van der Waals surface area (Å²) >= 11 is 0. The Bertz CT molecular complexity index is 442. The molecule has 1 aromatic rings. The van der Waals surface area contributed by atoms with Gasteiger partial charge in [-0.2, -0.15) is 0 Å². The van der Waals surface area contributed by atoms with E-state index < -0.39 is 11.7 Å². The van der Waals surface area contributed by atoms with Gasteiger partial charge in [-0.25, -0.2) is 4.79 Å². The van der Waals surface area contributed by atoms with Crippen molar-refractivity contribution in [3.8, 4) is 0 Å². The summed E-state index contributed by atoms with van der Waals surface area (Å²) in [5.74, 6) is 0.706. The van der Waals surface area contributed by atoms with E-state index in [0.29, 0.717) is 11.5 Å². The van der Waals surface area contributed by atoms with Gasteiger partial charge in [0.25, 0.3) is 0 Å². The Morgan fingerprint density at radius 3 is 2.39 bits per heavy atom. The van der Waals surface area contributed by atoms with E-state index in [1.54, 1.807) is 40.0 Å². The Kier molecular flexibility index (Phi) is 4.16. The van der Waals surface area contributed by atoms with Crippen molar-refractivity contribution >= 4 is 11.9 Å². The van der Waals surface area contributed by atoms with Gasteiger partial charge in [0.05, 0.1) is 6.54 Å². The van der Waals surface area contributed by atoms with Gasteiger partial charge in [0.1, 0.15) is 11.4 Å². The zero-order chi connectivity index (χ0) is 13.9. The first-order chi connectivity index (χ1) is 8.19. The number of Topliss-reactive ketones (excluding diaryl/α,β-unsaturated/α-hetero) is 1. The Labute approximate surface area is 107 Å². The van der Waals surface area contributed by atoms with Gasteiger partial charge in [-0.15, -0.1) is 0 Å². The average Bonchev–Trinajstić information content (AvgIpc) is 2.63. The Morgan fingerprint density at radius 1 is 1.33 bits per heavy atom. The molecule has 1 aromatic heterocycles. The second kappa shape index (κ2) is 5.25. The molecule has 1 heterocycles. The third kappa shape index (κ3) is 4.24. The normalized spacial score (nSPS) is 11.2. The van der Waals surface area contributed by atoms with Crippen molar-refractivity contribution in [2.75, 3.05) is 7.05 Å². The van der Waals surface area contributed by atoms with E-state index in [9.17, 15) is 9.59 Å². The fourth-order valence-electron chi connectivity index (χ4n) is 1.29. The van der Waals surface area contributed by atoms with Crippen molar-refractivity contribution in [2.24, 2.45) is 0 Å². The monoisotopic (exact) mass is 253 g/mol. The minimum atomic E-state index is -0.529. The minimum absolute atomic E-state index is 0.138. The van der Waals surface area contributed by atoms with Crippen LogP contribution in [0.2, 0.25) is 0 Å². The molecule has 1 amide bonds. The Balaban J connectivity index is 2.61. The van der Waals surface area contributed by atoms with Crippen molar-refractivity contribution in [1.29, 1.82) is 0 Å². The first-order valence-corrected chi connectivity index (χ1v) is 5.73. The molecule has 0 aliphatic carbocycles. The van der Waals surface area contributed by atoms with Crippen molar-refractivity contribution in [3.05, 3.63) is 23.7 Å². The van der Waals surface area contributed by atoms with E-state index >= 15 is 0 Å². The largest absolute Gasteiger partial charge is 0.456 e. The number of hydrogen-bond acceptors (Lipinski definition) is 4. The molecule has 0 spiro atoms. The van der Waals surface area contributed by atoms with Crippen LogP contribution in [0.15, 0.2) is 16.5 Å². The lowest BCUT2D eigenvalue weighted by atomic mass is 10.2. The molecule has 0 radical (unpaired) electrons. The van der Waals surface area contributed by atoms with Crippen LogP contribution in [0.4, 0.5) is 4.79 Å². The summed E-state index contributed by atoms with van der Waals surface area (Å²) in [6.45, 7) is 7.11. The summed E-state index contributed by atoms with van der Waals surface area (Å²) < 4.78 is 10.5. The molecule has 5 heteroatoms. The lowest BCUT2D eigenvalue weighted by Crippen LogP contribution is -2.33. The second-order valence-electron chi connectivity index (χ2n) is 5.16. The van der Waals surface area contributed by atoms with Crippen molar-refractivity contribution in [3.63, 3.8) is 0 Å². The fraction of sp³-hybridized carbons (Fsp3) is 0.538. The number of furan rings is 1. The van der Waals surface area contributed by atoms with Gasteiger partial charge in [0.2, 0.25) is 0 Å². The van der Waals surface area contributed by atoms with Crippen molar-refractivity contribution in [2.45, 2.75) is 39.8 Å². The topological polar surface area (TPSA) is 59.8 Å². The molecule has 0 N–H and O–H groups in total. The van der Waals surface area contributed by atoms with Gasteiger partial charge in [0.15, 0.2) is 11.5 Å². The number of amides is 1. The third-order valence-corrected chi connectivity index (χ3v) is 2.11. The van der Waals surface area contributed by atoms with Crippen LogP contribution in [0, 0.1) is 0 Å². The van der Waals surface area contributed by atoms with Gasteiger partial charge < -0.3 is 14.1 Å². The summed E-state index contributed by atoms with van der Waals surface area (Å²) in [7, 11) is 1.62. The lowest BCUT2D eigenvalue weighted by Gasteiger charge is -2.24. The summed E-state index contributed by atoms with van der Waals surface area (Å²) in [5.41, 5.74) is -0.529. The van der Waals surface area contributed by atoms with Crippen LogP contribution in [-0.4, -0.2) is 29.4 Å². The van der Waals surface area contributed by atoms with E-state index in [1.807, 2.05) is 0 Å². The number of ketones is 1. The van der Waals surface area contributed by atoms with Gasteiger partial charge in [0, 0.05) is 14.0 Å². The van der Waals surface area contributed by atoms with Crippen molar-refractivity contribution in [1.82, 2.24) is 4.90 Å². The SMILES string of the molecule is CC(=O)c1ccc(CN(C)C(=O)OC(C)(C)C)o1. The zero-order valence-corrected chi connectivity index (χ0v) is 11.4.